The van der Waals surface area contributed by atoms with Crippen LogP contribution in [0.1, 0.15) is 84.0 Å². The van der Waals surface area contributed by atoms with Gasteiger partial charge in [0.2, 0.25) is 11.8 Å². The van der Waals surface area contributed by atoms with Crippen molar-refractivity contribution >= 4 is 40.5 Å². The zero-order valence-corrected chi connectivity index (χ0v) is 36.9. The molecule has 7 unspecified atom stereocenters. The number of rotatable bonds is 12. The van der Waals surface area contributed by atoms with Gasteiger partial charge in [0.05, 0.1) is 50.1 Å². The lowest BCUT2D eigenvalue weighted by atomic mass is 9.95. The maximum atomic E-state index is 14.0. The summed E-state index contributed by atoms with van der Waals surface area (Å²) >= 11 is 0. The van der Waals surface area contributed by atoms with E-state index in [-0.39, 0.29) is 47.7 Å². The first-order valence-corrected chi connectivity index (χ1v) is 21.9. The minimum Gasteiger partial charge on any atom is -0.453 e. The smallest absolute Gasteiger partial charge is 0.407 e. The second-order valence-corrected chi connectivity index (χ2v) is 18.0. The highest BCUT2D eigenvalue weighted by atomic mass is 16.5. The molecule has 2 saturated heterocycles. The molecular formula is C48H57N9O6. The molecule has 5 N–H and O–H groups in total. The summed E-state index contributed by atoms with van der Waals surface area (Å²) in [6, 6.07) is 19.1. The number of amides is 4. The molecule has 2 aromatic heterocycles. The van der Waals surface area contributed by atoms with Gasteiger partial charge in [-0.05, 0) is 90.0 Å². The number of benzene rings is 3. The zero-order valence-electron chi connectivity index (χ0n) is 36.9. The number of H-pyrrole nitrogens is 2. The molecule has 330 valence electrons. The summed E-state index contributed by atoms with van der Waals surface area (Å²) in [7, 11) is 2.58. The number of alkyl carbamates (subject to hydrolysis) is 2. The fraction of sp³-hybridized carbons (Fsp3) is 0.438. The summed E-state index contributed by atoms with van der Waals surface area (Å²) < 4.78 is 9.62. The molecule has 8 rings (SSSR count). The van der Waals surface area contributed by atoms with Gasteiger partial charge in [0.15, 0.2) is 0 Å². The average Bonchev–Trinajstić information content (AvgIpc) is 4.15. The number of hydrogen-bond donors (Lipinski definition) is 5. The lowest BCUT2D eigenvalue weighted by molar-refractivity contribution is -0.139. The Morgan fingerprint density at radius 2 is 1.25 bits per heavy atom. The molecule has 0 radical (unpaired) electrons. The molecule has 15 heteroatoms. The van der Waals surface area contributed by atoms with Gasteiger partial charge in [-0.2, -0.15) is 0 Å². The van der Waals surface area contributed by atoms with E-state index in [1.165, 1.54) is 14.2 Å². The first-order chi connectivity index (χ1) is 30.2. The summed E-state index contributed by atoms with van der Waals surface area (Å²) in [6.45, 7) is 9.74. The first kappa shape index (κ1) is 43.2. The van der Waals surface area contributed by atoms with Crippen LogP contribution in [0.4, 0.5) is 9.59 Å². The quantitative estimate of drug-likeness (QED) is 0.0777. The SMILES string of the molecule is COC(=O)NC(C(=O)N1CC(C(C)=N)CC1c1ncc(-c2ccc3cc(-c4ccc(-c5cnc(C6C7CCC(C7)N6C(=O)C(NC(=O)OC)C(C)C)[nH]5)cc4)ccc3c2)[nH]1)C(C)C. The second kappa shape index (κ2) is 17.7. The predicted molar refractivity (Wildman–Crippen MR) is 240 cm³/mol. The summed E-state index contributed by atoms with van der Waals surface area (Å²) in [6.07, 6.45) is 5.81. The Morgan fingerprint density at radius 3 is 1.87 bits per heavy atom. The van der Waals surface area contributed by atoms with Crippen LogP contribution in [0, 0.1) is 29.1 Å². The second-order valence-electron chi connectivity index (χ2n) is 18.0. The molecule has 2 bridgehead atoms. The van der Waals surface area contributed by atoms with E-state index in [1.54, 1.807) is 18.0 Å². The van der Waals surface area contributed by atoms with Crippen molar-refractivity contribution < 1.29 is 28.7 Å². The van der Waals surface area contributed by atoms with E-state index >= 15 is 0 Å². The van der Waals surface area contributed by atoms with E-state index in [2.05, 4.69) is 81.3 Å². The van der Waals surface area contributed by atoms with E-state index in [0.29, 0.717) is 30.4 Å². The van der Waals surface area contributed by atoms with Gasteiger partial charge in [-0.3, -0.25) is 9.59 Å². The fourth-order valence-electron chi connectivity index (χ4n) is 9.77. The number of piperidine rings is 1. The van der Waals surface area contributed by atoms with Crippen LogP contribution in [0.5, 0.6) is 0 Å². The number of nitrogens with one attached hydrogen (secondary N) is 5. The normalized spacial score (nSPS) is 21.5. The standard InChI is InChI=1S/C48H57N9O6/c1-25(2)40(54-47(60)62-6)45(58)56-24-35(27(5)49)21-39(56)43-50-23-38(52-43)33-15-14-31-18-30(12-13-32(31)19-33)28-8-10-29(11-9-28)37-22-51-44(53-37)42-34-16-17-36(20-34)57(42)46(59)41(26(3)4)55-48(61)63-7/h8-15,18-19,22-23,25-26,34-36,39-42,49H,16-17,20-21,24H2,1-7H3,(H,50,52)(H,51,53)(H,54,60)(H,55,61). The van der Waals surface area contributed by atoms with E-state index in [0.717, 1.165) is 69.5 Å². The summed E-state index contributed by atoms with van der Waals surface area (Å²) in [5.74, 6) is 0.985. The molecule has 4 heterocycles. The van der Waals surface area contributed by atoms with Crippen LogP contribution < -0.4 is 10.6 Å². The third-order valence-electron chi connectivity index (χ3n) is 13.3. The number of aromatic amines is 2. The van der Waals surface area contributed by atoms with Crippen molar-refractivity contribution in [3.05, 3.63) is 84.7 Å². The molecule has 15 nitrogen and oxygen atoms in total. The molecule has 4 amide bonds. The number of carbonyl (C=O) groups is 4. The number of fused-ring (bicyclic) bond motifs is 3. The van der Waals surface area contributed by atoms with Gasteiger partial charge in [0, 0.05) is 29.8 Å². The first-order valence-electron chi connectivity index (χ1n) is 21.9. The topological polar surface area (TPSA) is 198 Å². The molecule has 2 aliphatic heterocycles. The van der Waals surface area contributed by atoms with Gasteiger partial charge in [-0.15, -0.1) is 0 Å². The maximum absolute atomic E-state index is 14.0. The Labute approximate surface area is 367 Å². The Bertz CT molecular complexity index is 2530. The Kier molecular flexibility index (Phi) is 12.1. The van der Waals surface area contributed by atoms with Crippen LogP contribution in [0.15, 0.2) is 73.1 Å². The third kappa shape index (κ3) is 8.52. The number of aromatic nitrogens is 4. The number of imidazole rings is 2. The lowest BCUT2D eigenvalue weighted by Crippen LogP contribution is -2.54. The van der Waals surface area contributed by atoms with Gasteiger partial charge in [-0.1, -0.05) is 76.2 Å². The van der Waals surface area contributed by atoms with Crippen LogP contribution >= 0.6 is 0 Å². The van der Waals surface area contributed by atoms with Crippen molar-refractivity contribution in [3.8, 4) is 33.6 Å². The van der Waals surface area contributed by atoms with E-state index in [9.17, 15) is 19.2 Å². The number of ether oxygens (including phenoxy) is 2. The minimum absolute atomic E-state index is 0.0979. The van der Waals surface area contributed by atoms with Gasteiger partial charge < -0.3 is 45.3 Å². The third-order valence-corrected chi connectivity index (χ3v) is 13.3. The summed E-state index contributed by atoms with van der Waals surface area (Å²) in [5, 5.41) is 16.0. The van der Waals surface area contributed by atoms with Crippen LogP contribution in [0.2, 0.25) is 0 Å². The fourth-order valence-corrected chi connectivity index (χ4v) is 9.77. The number of likely N-dealkylation sites (tertiary alicyclic amines) is 2. The molecule has 3 aliphatic rings. The zero-order chi connectivity index (χ0) is 44.7. The Morgan fingerprint density at radius 1 is 0.714 bits per heavy atom. The lowest BCUT2D eigenvalue weighted by Gasteiger charge is -2.37. The van der Waals surface area contributed by atoms with Gasteiger partial charge in [0.1, 0.15) is 23.7 Å². The van der Waals surface area contributed by atoms with Crippen LogP contribution in [-0.4, -0.2) is 98.3 Å². The average molecular weight is 856 g/mol. The molecule has 7 atom stereocenters. The van der Waals surface area contributed by atoms with Crippen molar-refractivity contribution in [1.82, 2.24) is 40.4 Å². The molecule has 5 aromatic rings. The summed E-state index contributed by atoms with van der Waals surface area (Å²) in [4.78, 5) is 72.4. The Hall–Kier alpha value is -6.51. The van der Waals surface area contributed by atoms with Crippen LogP contribution in [0.25, 0.3) is 44.4 Å². The van der Waals surface area contributed by atoms with Gasteiger partial charge >= 0.3 is 12.2 Å². The number of carbonyl (C=O) groups excluding carboxylic acids is 4. The van der Waals surface area contributed by atoms with Crippen molar-refractivity contribution in [1.29, 1.82) is 5.41 Å². The maximum Gasteiger partial charge on any atom is 0.407 e. The molecule has 0 spiro atoms. The van der Waals surface area contributed by atoms with Gasteiger partial charge in [0.25, 0.3) is 0 Å². The monoisotopic (exact) mass is 855 g/mol. The van der Waals surface area contributed by atoms with Gasteiger partial charge in [-0.25, -0.2) is 19.6 Å². The highest BCUT2D eigenvalue weighted by molar-refractivity contribution is 5.91. The van der Waals surface area contributed by atoms with Crippen molar-refractivity contribution in [2.45, 2.75) is 90.5 Å². The molecule has 63 heavy (non-hydrogen) atoms. The number of hydrogen-bond acceptors (Lipinski definition) is 9. The number of methoxy groups -OCH3 is 2. The van der Waals surface area contributed by atoms with Crippen molar-refractivity contribution in [3.63, 3.8) is 0 Å². The Balaban J connectivity index is 0.970. The van der Waals surface area contributed by atoms with E-state index in [1.807, 2.05) is 38.8 Å². The summed E-state index contributed by atoms with van der Waals surface area (Å²) in [5.41, 5.74) is 6.29. The predicted octanol–water partition coefficient (Wildman–Crippen LogP) is 8.03. The minimum atomic E-state index is -0.779. The number of nitrogens with zero attached hydrogens (tertiary/aromatic N) is 4. The van der Waals surface area contributed by atoms with E-state index in [4.69, 9.17) is 24.9 Å². The molecular weight excluding hydrogens is 799 g/mol. The highest BCUT2D eigenvalue weighted by Gasteiger charge is 2.51. The van der Waals surface area contributed by atoms with Crippen LogP contribution in [-0.2, 0) is 19.1 Å². The van der Waals surface area contributed by atoms with E-state index < -0.39 is 24.3 Å². The molecule has 1 saturated carbocycles. The highest BCUT2D eigenvalue weighted by Crippen LogP contribution is 2.50. The van der Waals surface area contributed by atoms with Crippen molar-refractivity contribution in [2.24, 2.45) is 23.7 Å². The molecule has 3 fully saturated rings. The van der Waals surface area contributed by atoms with Crippen molar-refractivity contribution in [2.75, 3.05) is 20.8 Å². The largest absolute Gasteiger partial charge is 0.453 e. The van der Waals surface area contributed by atoms with Crippen LogP contribution in [0.3, 0.4) is 0 Å². The molecule has 3 aromatic carbocycles. The molecule has 1 aliphatic carbocycles.